The minimum absolute atomic E-state index is 0.203. The molecular weight excluding hydrogens is 218 g/mol. The molecule has 0 radical (unpaired) electrons. The Hall–Kier alpha value is -0.380. The Morgan fingerprint density at radius 2 is 2.29 bits per heavy atom. The SMILES string of the molecule is CC(CCO)Sc1cccc(Cl)c1N. The standard InChI is InChI=1S/C10H14ClNOS/c1-7(5-6-13)14-9-4-2-3-8(11)10(9)12/h2-4,7,13H,5-6,12H2,1H3. The van der Waals surface area contributed by atoms with Gasteiger partial charge in [-0.3, -0.25) is 0 Å². The fraction of sp³-hybridized carbons (Fsp3) is 0.400. The molecule has 14 heavy (non-hydrogen) atoms. The van der Waals surface area contributed by atoms with Crippen LogP contribution in [0.2, 0.25) is 5.02 Å². The molecule has 4 heteroatoms. The minimum Gasteiger partial charge on any atom is -0.397 e. The summed E-state index contributed by atoms with van der Waals surface area (Å²) in [7, 11) is 0. The van der Waals surface area contributed by atoms with Gasteiger partial charge in [-0.25, -0.2) is 0 Å². The molecule has 0 heterocycles. The largest absolute Gasteiger partial charge is 0.397 e. The van der Waals surface area contributed by atoms with Crippen LogP contribution in [0.1, 0.15) is 13.3 Å². The zero-order chi connectivity index (χ0) is 10.6. The van der Waals surface area contributed by atoms with Crippen LogP contribution in [0.5, 0.6) is 0 Å². The van der Waals surface area contributed by atoms with E-state index >= 15 is 0 Å². The molecule has 0 amide bonds. The maximum absolute atomic E-state index is 8.77. The Balaban J connectivity index is 2.71. The second-order valence-corrected chi connectivity index (χ2v) is 4.98. The van der Waals surface area contributed by atoms with Gasteiger partial charge < -0.3 is 10.8 Å². The quantitative estimate of drug-likeness (QED) is 0.619. The highest BCUT2D eigenvalue weighted by molar-refractivity contribution is 8.00. The van der Waals surface area contributed by atoms with Gasteiger partial charge in [0.1, 0.15) is 0 Å². The summed E-state index contributed by atoms with van der Waals surface area (Å²) >= 11 is 7.53. The summed E-state index contributed by atoms with van der Waals surface area (Å²) in [5.41, 5.74) is 6.44. The van der Waals surface area contributed by atoms with Crippen molar-refractivity contribution in [2.75, 3.05) is 12.3 Å². The van der Waals surface area contributed by atoms with E-state index in [0.717, 1.165) is 11.3 Å². The first-order valence-electron chi connectivity index (χ1n) is 4.46. The smallest absolute Gasteiger partial charge is 0.0646 e. The normalized spacial score (nSPS) is 12.8. The summed E-state index contributed by atoms with van der Waals surface area (Å²) in [6.07, 6.45) is 0.761. The molecule has 0 fully saturated rings. The number of aliphatic hydroxyl groups excluding tert-OH is 1. The lowest BCUT2D eigenvalue weighted by Crippen LogP contribution is -2.00. The van der Waals surface area contributed by atoms with Crippen LogP contribution < -0.4 is 5.73 Å². The average molecular weight is 232 g/mol. The van der Waals surface area contributed by atoms with E-state index in [-0.39, 0.29) is 6.61 Å². The molecule has 0 aliphatic carbocycles. The molecule has 0 aliphatic rings. The van der Waals surface area contributed by atoms with Crippen LogP contribution in [0.25, 0.3) is 0 Å². The summed E-state index contributed by atoms with van der Waals surface area (Å²) in [6.45, 7) is 2.26. The summed E-state index contributed by atoms with van der Waals surface area (Å²) < 4.78 is 0. The number of nitrogens with two attached hydrogens (primary N) is 1. The Morgan fingerprint density at radius 3 is 2.93 bits per heavy atom. The highest BCUT2D eigenvalue weighted by atomic mass is 35.5. The van der Waals surface area contributed by atoms with E-state index in [9.17, 15) is 0 Å². The van der Waals surface area contributed by atoms with Crippen molar-refractivity contribution < 1.29 is 5.11 Å². The molecule has 0 aromatic heterocycles. The average Bonchev–Trinajstić information content (AvgIpc) is 2.13. The zero-order valence-corrected chi connectivity index (χ0v) is 9.61. The van der Waals surface area contributed by atoms with Gasteiger partial charge in [-0.2, -0.15) is 0 Å². The van der Waals surface area contributed by atoms with Crippen molar-refractivity contribution in [3.05, 3.63) is 23.2 Å². The fourth-order valence-corrected chi connectivity index (χ4v) is 2.36. The fourth-order valence-electron chi connectivity index (χ4n) is 1.08. The summed E-state index contributed by atoms with van der Waals surface area (Å²) in [4.78, 5) is 0.985. The van der Waals surface area contributed by atoms with Gasteiger partial charge in [0, 0.05) is 16.8 Å². The van der Waals surface area contributed by atoms with Crippen molar-refractivity contribution in [1.29, 1.82) is 0 Å². The van der Waals surface area contributed by atoms with Gasteiger partial charge in [-0.15, -0.1) is 11.8 Å². The van der Waals surface area contributed by atoms with Crippen molar-refractivity contribution >= 4 is 29.1 Å². The number of hydrogen-bond donors (Lipinski definition) is 2. The number of thioether (sulfide) groups is 1. The van der Waals surface area contributed by atoms with Crippen molar-refractivity contribution in [2.24, 2.45) is 0 Å². The lowest BCUT2D eigenvalue weighted by Gasteiger charge is -2.11. The van der Waals surface area contributed by atoms with E-state index in [1.54, 1.807) is 17.8 Å². The molecule has 1 atom stereocenters. The van der Waals surface area contributed by atoms with Crippen LogP contribution in [0, 0.1) is 0 Å². The van der Waals surface area contributed by atoms with Gasteiger partial charge in [0.15, 0.2) is 0 Å². The highest BCUT2D eigenvalue weighted by Crippen LogP contribution is 2.33. The van der Waals surface area contributed by atoms with E-state index in [4.69, 9.17) is 22.4 Å². The molecule has 0 bridgehead atoms. The van der Waals surface area contributed by atoms with Gasteiger partial charge >= 0.3 is 0 Å². The lowest BCUT2D eigenvalue weighted by atomic mass is 10.3. The molecule has 2 nitrogen and oxygen atoms in total. The van der Waals surface area contributed by atoms with E-state index in [1.807, 2.05) is 12.1 Å². The van der Waals surface area contributed by atoms with Crippen LogP contribution in [0.15, 0.2) is 23.1 Å². The zero-order valence-electron chi connectivity index (χ0n) is 8.03. The number of hydrogen-bond acceptors (Lipinski definition) is 3. The molecule has 3 N–H and O–H groups in total. The Bertz CT molecular complexity index is 306. The molecule has 0 aliphatic heterocycles. The third-order valence-corrected chi connectivity index (χ3v) is 3.45. The maximum Gasteiger partial charge on any atom is 0.0646 e. The predicted octanol–water partition coefficient (Wildman–Crippen LogP) is 2.79. The molecule has 1 unspecified atom stereocenters. The van der Waals surface area contributed by atoms with Gasteiger partial charge in [-0.1, -0.05) is 24.6 Å². The molecular formula is C10H14ClNOS. The van der Waals surface area contributed by atoms with E-state index in [0.29, 0.717) is 16.0 Å². The first kappa shape index (κ1) is 11.7. The van der Waals surface area contributed by atoms with E-state index in [1.165, 1.54) is 0 Å². The number of rotatable bonds is 4. The second kappa shape index (κ2) is 5.49. The first-order chi connectivity index (χ1) is 6.65. The number of nitrogen functional groups attached to an aromatic ring is 1. The number of para-hydroxylation sites is 1. The van der Waals surface area contributed by atoms with Crippen molar-refractivity contribution in [3.63, 3.8) is 0 Å². The number of benzene rings is 1. The van der Waals surface area contributed by atoms with Crippen molar-refractivity contribution in [1.82, 2.24) is 0 Å². The number of halogens is 1. The van der Waals surface area contributed by atoms with Gasteiger partial charge in [0.2, 0.25) is 0 Å². The molecule has 1 aromatic carbocycles. The Kier molecular flexibility index (Phi) is 4.58. The van der Waals surface area contributed by atoms with Crippen LogP contribution in [0.3, 0.4) is 0 Å². The minimum atomic E-state index is 0.203. The summed E-state index contributed by atoms with van der Waals surface area (Å²) in [6, 6.07) is 5.60. The second-order valence-electron chi connectivity index (χ2n) is 3.09. The van der Waals surface area contributed by atoms with Crippen LogP contribution >= 0.6 is 23.4 Å². The third-order valence-electron chi connectivity index (χ3n) is 1.88. The molecule has 78 valence electrons. The summed E-state index contributed by atoms with van der Waals surface area (Å²) in [5, 5.41) is 9.70. The first-order valence-corrected chi connectivity index (χ1v) is 5.72. The van der Waals surface area contributed by atoms with Gasteiger partial charge in [-0.05, 0) is 18.6 Å². The van der Waals surface area contributed by atoms with Crippen molar-refractivity contribution in [3.8, 4) is 0 Å². The van der Waals surface area contributed by atoms with Crippen LogP contribution in [-0.2, 0) is 0 Å². The monoisotopic (exact) mass is 231 g/mol. The number of aliphatic hydroxyl groups is 1. The van der Waals surface area contributed by atoms with E-state index in [2.05, 4.69) is 6.92 Å². The molecule has 0 saturated heterocycles. The van der Waals surface area contributed by atoms with Crippen LogP contribution in [0.4, 0.5) is 5.69 Å². The maximum atomic E-state index is 8.77. The molecule has 0 spiro atoms. The molecule has 1 rings (SSSR count). The Morgan fingerprint density at radius 1 is 1.57 bits per heavy atom. The Labute approximate surface area is 93.5 Å². The van der Waals surface area contributed by atoms with Gasteiger partial charge in [0.05, 0.1) is 10.7 Å². The van der Waals surface area contributed by atoms with Crippen LogP contribution in [-0.4, -0.2) is 17.0 Å². The van der Waals surface area contributed by atoms with Crippen molar-refractivity contribution in [2.45, 2.75) is 23.5 Å². The lowest BCUT2D eigenvalue weighted by molar-refractivity contribution is 0.289. The van der Waals surface area contributed by atoms with Gasteiger partial charge in [0.25, 0.3) is 0 Å². The topological polar surface area (TPSA) is 46.2 Å². The summed E-state index contributed by atoms with van der Waals surface area (Å²) in [5.74, 6) is 0. The molecule has 0 saturated carbocycles. The number of anilines is 1. The highest BCUT2D eigenvalue weighted by Gasteiger charge is 2.08. The van der Waals surface area contributed by atoms with E-state index < -0.39 is 0 Å². The molecule has 1 aromatic rings. The third kappa shape index (κ3) is 3.08. The predicted molar refractivity (Wildman–Crippen MR) is 62.9 cm³/mol.